The average Bonchev–Trinajstić information content (AvgIpc) is 2.67. The monoisotopic (exact) mass is 380 g/mol. The van der Waals surface area contributed by atoms with Gasteiger partial charge in [0.25, 0.3) is 0 Å². The summed E-state index contributed by atoms with van der Waals surface area (Å²) in [5.41, 5.74) is 6.63. The molecule has 0 atom stereocenters. The smallest absolute Gasteiger partial charge is 0.0641 e. The maximum absolute atomic E-state index is 9.27. The van der Waals surface area contributed by atoms with E-state index in [1.54, 1.807) is 0 Å². The Bertz CT molecular complexity index is 893. The number of benzene rings is 3. The molecule has 3 aromatic carbocycles. The van der Waals surface area contributed by atoms with Crippen molar-refractivity contribution in [2.75, 3.05) is 23.9 Å². The van der Waals surface area contributed by atoms with E-state index in [0.29, 0.717) is 11.4 Å². The zero-order valence-electron chi connectivity index (χ0n) is 15.7. The second-order valence-electron chi connectivity index (χ2n) is 6.76. The maximum Gasteiger partial charge on any atom is 0.0641 e. The van der Waals surface area contributed by atoms with Crippen molar-refractivity contribution in [3.8, 4) is 0 Å². The van der Waals surface area contributed by atoms with Crippen LogP contribution in [0.3, 0.4) is 0 Å². The van der Waals surface area contributed by atoms with Crippen LogP contribution in [0.1, 0.15) is 16.7 Å². The van der Waals surface area contributed by atoms with E-state index in [1.807, 2.05) is 30.3 Å². The Balaban J connectivity index is 1.70. The summed E-state index contributed by atoms with van der Waals surface area (Å²) in [6, 6.07) is 22.6. The van der Waals surface area contributed by atoms with Gasteiger partial charge in [0.2, 0.25) is 0 Å². The SMILES string of the molecule is Cc1ccc(Cl)c(Nc2ccc(CN(C)c3ccccc3CCO)cc2)c1. The molecule has 3 aromatic rings. The maximum atomic E-state index is 9.27. The topological polar surface area (TPSA) is 35.5 Å². The summed E-state index contributed by atoms with van der Waals surface area (Å²) in [4.78, 5) is 2.21. The van der Waals surface area contributed by atoms with Gasteiger partial charge in [0.1, 0.15) is 0 Å². The minimum absolute atomic E-state index is 0.159. The summed E-state index contributed by atoms with van der Waals surface area (Å²) >= 11 is 6.27. The molecule has 3 rings (SSSR count). The number of anilines is 3. The molecule has 27 heavy (non-hydrogen) atoms. The first-order valence-electron chi connectivity index (χ1n) is 9.09. The van der Waals surface area contributed by atoms with Gasteiger partial charge >= 0.3 is 0 Å². The molecular weight excluding hydrogens is 356 g/mol. The quantitative estimate of drug-likeness (QED) is 0.563. The van der Waals surface area contributed by atoms with Crippen molar-refractivity contribution in [3.63, 3.8) is 0 Å². The van der Waals surface area contributed by atoms with Crippen LogP contribution in [0.25, 0.3) is 0 Å². The summed E-state index contributed by atoms with van der Waals surface area (Å²) in [6.45, 7) is 3.01. The van der Waals surface area contributed by atoms with Crippen LogP contribution >= 0.6 is 11.6 Å². The van der Waals surface area contributed by atoms with Crippen molar-refractivity contribution < 1.29 is 5.11 Å². The fraction of sp³-hybridized carbons (Fsp3) is 0.217. The molecular formula is C23H25ClN2O. The molecule has 0 saturated carbocycles. The van der Waals surface area contributed by atoms with E-state index in [1.165, 1.54) is 11.1 Å². The van der Waals surface area contributed by atoms with Crippen LogP contribution in [-0.4, -0.2) is 18.8 Å². The van der Waals surface area contributed by atoms with Crippen LogP contribution in [0.15, 0.2) is 66.7 Å². The van der Waals surface area contributed by atoms with Crippen molar-refractivity contribution in [1.29, 1.82) is 0 Å². The van der Waals surface area contributed by atoms with Gasteiger partial charge in [0.05, 0.1) is 10.7 Å². The predicted molar refractivity (Wildman–Crippen MR) is 115 cm³/mol. The zero-order valence-corrected chi connectivity index (χ0v) is 16.5. The highest BCUT2D eigenvalue weighted by molar-refractivity contribution is 6.33. The van der Waals surface area contributed by atoms with Crippen molar-refractivity contribution >= 4 is 28.7 Å². The molecule has 0 saturated heterocycles. The Kier molecular flexibility index (Phi) is 6.38. The standard InChI is InChI=1S/C23H25ClN2O/c1-17-7-12-21(24)22(15-17)25-20-10-8-18(9-11-20)16-26(2)23-6-4-3-5-19(23)13-14-27/h3-12,15,25,27H,13-14,16H2,1-2H3. The van der Waals surface area contributed by atoms with Crippen molar-refractivity contribution in [2.45, 2.75) is 19.9 Å². The Morgan fingerprint density at radius 1 is 1.00 bits per heavy atom. The lowest BCUT2D eigenvalue weighted by Crippen LogP contribution is -2.18. The lowest BCUT2D eigenvalue weighted by atomic mass is 10.1. The molecule has 4 heteroatoms. The molecule has 0 fully saturated rings. The van der Waals surface area contributed by atoms with Gasteiger partial charge in [-0.1, -0.05) is 48.0 Å². The van der Waals surface area contributed by atoms with Crippen LogP contribution < -0.4 is 10.2 Å². The third-order valence-electron chi connectivity index (χ3n) is 4.56. The molecule has 0 amide bonds. The molecule has 0 unspecified atom stereocenters. The molecule has 0 aliphatic carbocycles. The first kappa shape index (κ1) is 19.3. The number of aryl methyl sites for hydroxylation is 1. The van der Waals surface area contributed by atoms with Crippen molar-refractivity contribution in [3.05, 3.63) is 88.4 Å². The van der Waals surface area contributed by atoms with Gasteiger partial charge in [-0.05, 0) is 60.4 Å². The number of halogens is 1. The number of aliphatic hydroxyl groups excluding tert-OH is 1. The lowest BCUT2D eigenvalue weighted by molar-refractivity contribution is 0.299. The van der Waals surface area contributed by atoms with E-state index < -0.39 is 0 Å². The number of aliphatic hydroxyl groups is 1. The molecule has 140 valence electrons. The van der Waals surface area contributed by atoms with Gasteiger partial charge in [0, 0.05) is 31.6 Å². The van der Waals surface area contributed by atoms with Crippen molar-refractivity contribution in [1.82, 2.24) is 0 Å². The fourth-order valence-corrected chi connectivity index (χ4v) is 3.32. The molecule has 0 bridgehead atoms. The summed E-state index contributed by atoms with van der Waals surface area (Å²) < 4.78 is 0. The molecule has 3 nitrogen and oxygen atoms in total. The van der Waals surface area contributed by atoms with Gasteiger partial charge < -0.3 is 15.3 Å². The highest BCUT2D eigenvalue weighted by Gasteiger charge is 2.08. The minimum atomic E-state index is 0.159. The average molecular weight is 381 g/mol. The first-order chi connectivity index (χ1) is 13.1. The van der Waals surface area contributed by atoms with Crippen LogP contribution in [0, 0.1) is 6.92 Å². The number of rotatable bonds is 7. The summed E-state index contributed by atoms with van der Waals surface area (Å²) in [7, 11) is 2.08. The minimum Gasteiger partial charge on any atom is -0.396 e. The van der Waals surface area contributed by atoms with E-state index in [9.17, 15) is 5.11 Å². The summed E-state index contributed by atoms with van der Waals surface area (Å²) in [5, 5.41) is 13.4. The first-order valence-corrected chi connectivity index (χ1v) is 9.46. The zero-order chi connectivity index (χ0) is 19.2. The van der Waals surface area contributed by atoms with Crippen LogP contribution in [-0.2, 0) is 13.0 Å². The predicted octanol–water partition coefficient (Wildman–Crippen LogP) is 5.56. The fourth-order valence-electron chi connectivity index (χ4n) is 3.16. The highest BCUT2D eigenvalue weighted by atomic mass is 35.5. The Morgan fingerprint density at radius 3 is 2.48 bits per heavy atom. The number of nitrogens with one attached hydrogen (secondary N) is 1. The lowest BCUT2D eigenvalue weighted by Gasteiger charge is -2.22. The molecule has 0 aliphatic heterocycles. The molecule has 0 heterocycles. The van der Waals surface area contributed by atoms with E-state index in [-0.39, 0.29) is 6.61 Å². The Labute approximate surface area is 166 Å². The third-order valence-corrected chi connectivity index (χ3v) is 4.89. The number of hydrogen-bond acceptors (Lipinski definition) is 3. The van der Waals surface area contributed by atoms with Gasteiger partial charge in [-0.2, -0.15) is 0 Å². The van der Waals surface area contributed by atoms with Gasteiger partial charge in [-0.25, -0.2) is 0 Å². The second-order valence-corrected chi connectivity index (χ2v) is 7.17. The van der Waals surface area contributed by atoms with E-state index in [2.05, 4.69) is 60.6 Å². The van der Waals surface area contributed by atoms with Crippen LogP contribution in [0.4, 0.5) is 17.1 Å². The molecule has 0 spiro atoms. The molecule has 0 radical (unpaired) electrons. The van der Waals surface area contributed by atoms with Crippen LogP contribution in [0.2, 0.25) is 5.02 Å². The highest BCUT2D eigenvalue weighted by Crippen LogP contribution is 2.27. The summed E-state index contributed by atoms with van der Waals surface area (Å²) in [5.74, 6) is 0. The molecule has 0 aromatic heterocycles. The van der Waals surface area contributed by atoms with Crippen LogP contribution in [0.5, 0.6) is 0 Å². The second kappa shape index (κ2) is 8.94. The van der Waals surface area contributed by atoms with E-state index >= 15 is 0 Å². The largest absolute Gasteiger partial charge is 0.396 e. The van der Waals surface area contributed by atoms with Crippen molar-refractivity contribution in [2.24, 2.45) is 0 Å². The number of nitrogens with zero attached hydrogens (tertiary/aromatic N) is 1. The van der Waals surface area contributed by atoms with E-state index in [0.717, 1.165) is 29.2 Å². The Hall–Kier alpha value is -2.49. The molecule has 0 aliphatic rings. The number of hydrogen-bond donors (Lipinski definition) is 2. The van der Waals surface area contributed by atoms with Gasteiger partial charge in [0.15, 0.2) is 0 Å². The normalized spacial score (nSPS) is 10.7. The Morgan fingerprint density at radius 2 is 1.74 bits per heavy atom. The molecule has 2 N–H and O–H groups in total. The number of para-hydroxylation sites is 1. The van der Waals surface area contributed by atoms with Gasteiger partial charge in [-0.3, -0.25) is 0 Å². The third kappa shape index (κ3) is 5.03. The van der Waals surface area contributed by atoms with E-state index in [4.69, 9.17) is 11.6 Å². The summed E-state index contributed by atoms with van der Waals surface area (Å²) in [6.07, 6.45) is 0.667. The van der Waals surface area contributed by atoms with Gasteiger partial charge in [-0.15, -0.1) is 0 Å².